The van der Waals surface area contributed by atoms with E-state index in [1.165, 1.54) is 70.6 Å². The summed E-state index contributed by atoms with van der Waals surface area (Å²) >= 11 is 0. The first-order chi connectivity index (χ1) is 28.5. The van der Waals surface area contributed by atoms with Crippen LogP contribution in [-0.2, 0) is 38.7 Å². The number of carbonyl (C=O) groups excluding carboxylic acids is 2. The molecule has 1 fully saturated rings. The Kier molecular flexibility index (Phi) is 33.6. The van der Waals surface area contributed by atoms with Gasteiger partial charge in [0, 0.05) is 12.8 Å². The predicted octanol–water partition coefficient (Wildman–Crippen LogP) is 9.17. The second-order valence-corrected chi connectivity index (χ2v) is 17.2. The number of aliphatic hydroxyl groups is 3. The van der Waals surface area contributed by atoms with Crippen LogP contribution in [-0.4, -0.2) is 96.0 Å². The fourth-order valence-electron chi connectivity index (χ4n) is 6.57. The lowest BCUT2D eigenvalue weighted by molar-refractivity contribution is -0.297. The molecule has 1 rings (SSSR count). The van der Waals surface area contributed by atoms with Gasteiger partial charge in [0.05, 0.1) is 6.61 Å². The van der Waals surface area contributed by atoms with Crippen LogP contribution in [0.4, 0.5) is 0 Å². The first kappa shape index (κ1) is 54.6. The number of ether oxygens (including phenoxy) is 4. The molecule has 12 nitrogen and oxygen atoms in total. The topological polar surface area (TPSA) is 186 Å². The van der Waals surface area contributed by atoms with Crippen LogP contribution in [0.1, 0.15) is 174 Å². The predicted molar refractivity (Wildman–Crippen MR) is 233 cm³/mol. The Balaban J connectivity index is 2.49. The van der Waals surface area contributed by atoms with Crippen molar-refractivity contribution in [3.05, 3.63) is 48.6 Å². The Bertz CT molecular complexity index is 1280. The van der Waals surface area contributed by atoms with Gasteiger partial charge in [-0.1, -0.05) is 140 Å². The van der Waals surface area contributed by atoms with E-state index in [9.17, 15) is 37.9 Å². The van der Waals surface area contributed by atoms with Crippen molar-refractivity contribution in [2.24, 2.45) is 0 Å². The first-order valence-electron chi connectivity index (χ1n) is 22.7. The summed E-state index contributed by atoms with van der Waals surface area (Å²) in [4.78, 5) is 25.4. The number of hydrogen-bond acceptors (Lipinski definition) is 11. The molecule has 0 aliphatic carbocycles. The average Bonchev–Trinajstić information content (AvgIpc) is 3.20. The van der Waals surface area contributed by atoms with E-state index in [0.29, 0.717) is 19.3 Å². The Morgan fingerprint density at radius 2 is 1.03 bits per heavy atom. The standard InChI is InChI=1S/C46H80O12S/c1-3-5-7-9-11-13-15-17-19-20-21-23-24-26-28-30-32-34-41(47)55-36-39(37-56-46-45(51)44(50)43(49)40(58-46)38-59(52,53)54)57-42(48)35-33-31-29-27-25-22-18-16-14-12-10-8-6-4-2/h16-19,21,23,26,28,39-40,43-46,49-51H,3-15,20,22,24-25,27,29-38H2,1-2H3,(H,52,53,54)/b18-16+,19-17+,23-21+,28-26+/t39-,40-,43-,44?,45?,46+/m1/s1. The molecule has 4 N–H and O–H groups in total. The van der Waals surface area contributed by atoms with E-state index < -0.39 is 71.2 Å². The van der Waals surface area contributed by atoms with Gasteiger partial charge in [-0.15, -0.1) is 0 Å². The monoisotopic (exact) mass is 857 g/mol. The molecule has 59 heavy (non-hydrogen) atoms. The number of unbranched alkanes of at least 4 members (excludes halogenated alkanes) is 17. The van der Waals surface area contributed by atoms with E-state index in [1.807, 2.05) is 6.08 Å². The second-order valence-electron chi connectivity index (χ2n) is 15.7. The largest absolute Gasteiger partial charge is 0.462 e. The molecule has 342 valence electrons. The second kappa shape index (κ2) is 36.3. The summed E-state index contributed by atoms with van der Waals surface area (Å²) in [5.41, 5.74) is 0. The smallest absolute Gasteiger partial charge is 0.306 e. The number of allylic oxidation sites excluding steroid dienone is 8. The molecule has 6 atom stereocenters. The Labute approximate surface area is 356 Å². The molecule has 0 aromatic heterocycles. The minimum absolute atomic E-state index is 0.143. The summed E-state index contributed by atoms with van der Waals surface area (Å²) < 4.78 is 54.0. The maximum absolute atomic E-state index is 12.8. The van der Waals surface area contributed by atoms with Gasteiger partial charge < -0.3 is 34.3 Å². The molecule has 0 saturated carbocycles. The molecule has 1 heterocycles. The molecular weight excluding hydrogens is 777 g/mol. The normalized spacial score (nSPS) is 20.7. The summed E-state index contributed by atoms with van der Waals surface area (Å²) in [5, 5.41) is 30.9. The Morgan fingerprint density at radius 3 is 1.58 bits per heavy atom. The van der Waals surface area contributed by atoms with Gasteiger partial charge in [-0.25, -0.2) is 0 Å². The first-order valence-corrected chi connectivity index (χ1v) is 24.3. The highest BCUT2D eigenvalue weighted by Gasteiger charge is 2.46. The highest BCUT2D eigenvalue weighted by atomic mass is 32.2. The fourth-order valence-corrected chi connectivity index (χ4v) is 7.26. The lowest BCUT2D eigenvalue weighted by atomic mass is 10.00. The van der Waals surface area contributed by atoms with E-state index >= 15 is 0 Å². The zero-order valence-electron chi connectivity index (χ0n) is 36.3. The van der Waals surface area contributed by atoms with E-state index in [-0.39, 0.29) is 19.4 Å². The van der Waals surface area contributed by atoms with Crippen molar-refractivity contribution in [1.82, 2.24) is 0 Å². The zero-order chi connectivity index (χ0) is 43.4. The van der Waals surface area contributed by atoms with Gasteiger partial charge in [-0.2, -0.15) is 8.42 Å². The van der Waals surface area contributed by atoms with E-state index in [1.54, 1.807) is 0 Å². The van der Waals surface area contributed by atoms with Crippen molar-refractivity contribution in [1.29, 1.82) is 0 Å². The maximum atomic E-state index is 12.8. The molecule has 0 radical (unpaired) electrons. The van der Waals surface area contributed by atoms with Crippen LogP contribution in [0.25, 0.3) is 0 Å². The van der Waals surface area contributed by atoms with Crippen molar-refractivity contribution in [3.8, 4) is 0 Å². The third-order valence-electron chi connectivity index (χ3n) is 10.1. The van der Waals surface area contributed by atoms with Crippen LogP contribution < -0.4 is 0 Å². The highest BCUT2D eigenvalue weighted by Crippen LogP contribution is 2.24. The minimum Gasteiger partial charge on any atom is -0.462 e. The molecule has 13 heteroatoms. The molecule has 0 aromatic rings. The SMILES string of the molecule is CCCCCCC/C=C/CCCCCCCC(=O)O[C@H](COC(=O)CCC/C=C/C/C=C/C/C=C/CCCCCCCC)CO[C@H]1O[C@H](CS(=O)(=O)O)[C@@H](O)C(O)C1O. The van der Waals surface area contributed by atoms with E-state index in [2.05, 4.69) is 56.4 Å². The summed E-state index contributed by atoms with van der Waals surface area (Å²) in [6, 6.07) is 0. The third-order valence-corrected chi connectivity index (χ3v) is 10.9. The molecule has 0 spiro atoms. The molecule has 0 amide bonds. The van der Waals surface area contributed by atoms with Crippen LogP contribution in [0.3, 0.4) is 0 Å². The lowest BCUT2D eigenvalue weighted by Gasteiger charge is -2.40. The number of esters is 2. The molecule has 0 aromatic carbocycles. The Hall–Kier alpha value is -2.39. The minimum atomic E-state index is -4.61. The fraction of sp³-hybridized carbons (Fsp3) is 0.783. The summed E-state index contributed by atoms with van der Waals surface area (Å²) in [7, 11) is -4.61. The van der Waals surface area contributed by atoms with Crippen molar-refractivity contribution in [3.63, 3.8) is 0 Å². The van der Waals surface area contributed by atoms with Crippen LogP contribution in [0.15, 0.2) is 48.6 Å². The van der Waals surface area contributed by atoms with Crippen molar-refractivity contribution in [2.75, 3.05) is 19.0 Å². The number of rotatable bonds is 37. The van der Waals surface area contributed by atoms with Gasteiger partial charge in [0.25, 0.3) is 10.1 Å². The van der Waals surface area contributed by atoms with Gasteiger partial charge in [0.15, 0.2) is 12.4 Å². The Morgan fingerprint density at radius 1 is 0.576 bits per heavy atom. The van der Waals surface area contributed by atoms with Crippen molar-refractivity contribution < 1.29 is 56.8 Å². The van der Waals surface area contributed by atoms with Gasteiger partial charge in [-0.05, 0) is 70.6 Å². The van der Waals surface area contributed by atoms with Gasteiger partial charge in [0.2, 0.25) is 0 Å². The van der Waals surface area contributed by atoms with Gasteiger partial charge >= 0.3 is 11.9 Å². The number of carbonyl (C=O) groups is 2. The molecule has 2 unspecified atom stereocenters. The molecule has 0 bridgehead atoms. The summed E-state index contributed by atoms with van der Waals surface area (Å²) in [6.07, 6.45) is 33.1. The average molecular weight is 857 g/mol. The summed E-state index contributed by atoms with van der Waals surface area (Å²) in [6.45, 7) is 3.68. The number of hydrogen-bond donors (Lipinski definition) is 4. The molecule has 1 aliphatic heterocycles. The van der Waals surface area contributed by atoms with Crippen molar-refractivity contribution >= 4 is 22.1 Å². The van der Waals surface area contributed by atoms with Crippen LogP contribution >= 0.6 is 0 Å². The third kappa shape index (κ3) is 31.2. The van der Waals surface area contributed by atoms with E-state index in [4.69, 9.17) is 18.9 Å². The van der Waals surface area contributed by atoms with E-state index in [0.717, 1.165) is 57.8 Å². The van der Waals surface area contributed by atoms with Crippen LogP contribution in [0.2, 0.25) is 0 Å². The van der Waals surface area contributed by atoms with Gasteiger partial charge in [-0.3, -0.25) is 14.1 Å². The van der Waals surface area contributed by atoms with Gasteiger partial charge in [0.1, 0.15) is 36.8 Å². The molecule has 1 aliphatic rings. The maximum Gasteiger partial charge on any atom is 0.306 e. The highest BCUT2D eigenvalue weighted by molar-refractivity contribution is 7.85. The lowest BCUT2D eigenvalue weighted by Crippen LogP contribution is -2.60. The van der Waals surface area contributed by atoms with Crippen molar-refractivity contribution in [2.45, 2.75) is 211 Å². The number of aliphatic hydroxyl groups excluding tert-OH is 3. The zero-order valence-corrected chi connectivity index (χ0v) is 37.2. The quantitative estimate of drug-likeness (QED) is 0.0201. The van der Waals surface area contributed by atoms with Crippen LogP contribution in [0, 0.1) is 0 Å². The summed E-state index contributed by atoms with van der Waals surface area (Å²) in [5.74, 6) is -2.06. The van der Waals surface area contributed by atoms with Crippen LogP contribution in [0.5, 0.6) is 0 Å². The molecule has 1 saturated heterocycles. The molecular formula is C46H80O12S.